The lowest BCUT2D eigenvalue weighted by molar-refractivity contribution is 0.414. The number of methoxy groups -OCH3 is 2. The highest BCUT2D eigenvalue weighted by Crippen LogP contribution is 2.38. The van der Waals surface area contributed by atoms with Gasteiger partial charge in [0, 0.05) is 28.1 Å². The maximum Gasteiger partial charge on any atom is 0.118 e. The van der Waals surface area contributed by atoms with E-state index in [9.17, 15) is 0 Å². The van der Waals surface area contributed by atoms with Gasteiger partial charge in [-0.2, -0.15) is 0 Å². The zero-order valence-electron chi connectivity index (χ0n) is 25.6. The number of nitrogens with one attached hydrogen (secondary N) is 1. The summed E-state index contributed by atoms with van der Waals surface area (Å²) < 4.78 is 10.8. The molecule has 2 heterocycles. The summed E-state index contributed by atoms with van der Waals surface area (Å²) in [5, 5.41) is 0. The second-order valence-electron chi connectivity index (χ2n) is 11.2. The average molecular weight is 565 g/mol. The fraction of sp³-hybridized carbons (Fsp3) is 0.154. The summed E-state index contributed by atoms with van der Waals surface area (Å²) in [4.78, 5) is 8.95. The fourth-order valence-corrected chi connectivity index (χ4v) is 5.77. The third-order valence-corrected chi connectivity index (χ3v) is 8.06. The minimum Gasteiger partial charge on any atom is -0.497 e. The van der Waals surface area contributed by atoms with Gasteiger partial charge in [-0.3, -0.25) is 0 Å². The minimum atomic E-state index is 0.826. The van der Waals surface area contributed by atoms with Gasteiger partial charge >= 0.3 is 0 Å². The molecule has 1 aliphatic rings. The first kappa shape index (κ1) is 28.0. The van der Waals surface area contributed by atoms with Crippen LogP contribution in [0.5, 0.6) is 11.5 Å². The first-order valence-corrected chi connectivity index (χ1v) is 14.5. The SMILES string of the molecule is COc1ccc(C2=N/C(=C\c3[nH]c(-c4ccc(OC)cc4)cc3-c3ccc(C)cc3C)C(c3ccc(C)cc3C)=C2)cc1. The van der Waals surface area contributed by atoms with Crippen LogP contribution >= 0.6 is 0 Å². The van der Waals surface area contributed by atoms with Crippen LogP contribution in [-0.4, -0.2) is 24.9 Å². The Morgan fingerprint density at radius 3 is 1.72 bits per heavy atom. The highest BCUT2D eigenvalue weighted by molar-refractivity contribution is 6.19. The number of allylic oxidation sites excluding steroid dienone is 2. The van der Waals surface area contributed by atoms with Crippen LogP contribution in [-0.2, 0) is 0 Å². The number of H-pyrrole nitrogens is 1. The monoisotopic (exact) mass is 564 g/mol. The Labute approximate surface area is 254 Å². The third-order valence-electron chi connectivity index (χ3n) is 8.06. The summed E-state index contributed by atoms with van der Waals surface area (Å²) in [6.07, 6.45) is 4.40. The van der Waals surface area contributed by atoms with Gasteiger partial charge in [0.25, 0.3) is 0 Å². The van der Waals surface area contributed by atoms with Crippen molar-refractivity contribution in [3.8, 4) is 33.9 Å². The number of hydrogen-bond acceptors (Lipinski definition) is 3. The molecule has 1 N–H and O–H groups in total. The number of aromatic amines is 1. The van der Waals surface area contributed by atoms with Gasteiger partial charge in [0.1, 0.15) is 11.5 Å². The third kappa shape index (κ3) is 5.69. The van der Waals surface area contributed by atoms with Crippen molar-refractivity contribution in [3.05, 3.63) is 142 Å². The van der Waals surface area contributed by atoms with E-state index in [4.69, 9.17) is 14.5 Å². The number of rotatable bonds is 7. The summed E-state index contributed by atoms with van der Waals surface area (Å²) in [6, 6.07) is 31.7. The van der Waals surface area contributed by atoms with E-state index in [1.807, 2.05) is 24.3 Å². The van der Waals surface area contributed by atoms with Gasteiger partial charge < -0.3 is 14.5 Å². The molecule has 0 unspecified atom stereocenters. The Morgan fingerprint density at radius 2 is 1.16 bits per heavy atom. The maximum atomic E-state index is 5.40. The van der Waals surface area contributed by atoms with E-state index >= 15 is 0 Å². The average Bonchev–Trinajstić information content (AvgIpc) is 3.62. The molecule has 0 fully saturated rings. The van der Waals surface area contributed by atoms with Gasteiger partial charge in [-0.1, -0.05) is 47.5 Å². The fourth-order valence-electron chi connectivity index (χ4n) is 5.77. The zero-order valence-corrected chi connectivity index (χ0v) is 25.6. The molecule has 4 aromatic carbocycles. The molecule has 214 valence electrons. The Morgan fingerprint density at radius 1 is 0.605 bits per heavy atom. The number of aromatic nitrogens is 1. The van der Waals surface area contributed by atoms with E-state index in [1.54, 1.807) is 14.2 Å². The van der Waals surface area contributed by atoms with Crippen LogP contribution < -0.4 is 9.47 Å². The van der Waals surface area contributed by atoms with Crippen molar-refractivity contribution in [2.45, 2.75) is 27.7 Å². The number of aryl methyl sites for hydroxylation is 4. The lowest BCUT2D eigenvalue weighted by Crippen LogP contribution is -1.94. The number of hydrogen-bond donors (Lipinski definition) is 1. The predicted octanol–water partition coefficient (Wildman–Crippen LogP) is 9.53. The van der Waals surface area contributed by atoms with E-state index in [2.05, 4.69) is 112 Å². The van der Waals surface area contributed by atoms with Crippen LogP contribution in [0.4, 0.5) is 0 Å². The number of ether oxygens (including phenoxy) is 2. The van der Waals surface area contributed by atoms with Gasteiger partial charge in [-0.25, -0.2) is 4.99 Å². The molecule has 4 nitrogen and oxygen atoms in total. The van der Waals surface area contributed by atoms with Crippen LogP contribution in [0.3, 0.4) is 0 Å². The summed E-state index contributed by atoms with van der Waals surface area (Å²) >= 11 is 0. The molecule has 43 heavy (non-hydrogen) atoms. The zero-order chi connectivity index (χ0) is 30.1. The van der Waals surface area contributed by atoms with Gasteiger partial charge in [0.2, 0.25) is 0 Å². The second kappa shape index (κ2) is 11.7. The standard InChI is InChI=1S/C39H36N2O2/c1-24-7-17-32(26(3)19-24)34-21-36(28-9-13-30(42-5)14-10-28)40-38(34)23-39-35(33-18-8-25(2)20-27(33)4)22-37(41-39)29-11-15-31(43-6)16-12-29/h7-23,40H,1-6H3/b39-23-. The molecule has 0 aliphatic carbocycles. The molecule has 0 saturated carbocycles. The lowest BCUT2D eigenvalue weighted by atomic mass is 9.94. The molecule has 1 aromatic heterocycles. The summed E-state index contributed by atoms with van der Waals surface area (Å²) in [5.74, 6) is 1.66. The highest BCUT2D eigenvalue weighted by Gasteiger charge is 2.21. The molecule has 6 rings (SSSR count). The van der Waals surface area contributed by atoms with Crippen molar-refractivity contribution in [3.63, 3.8) is 0 Å². The Hall–Kier alpha value is -5.09. The van der Waals surface area contributed by atoms with Gasteiger partial charge in [-0.05, 0) is 122 Å². The summed E-state index contributed by atoms with van der Waals surface area (Å²) in [5.41, 5.74) is 15.6. The molecule has 4 heteroatoms. The van der Waals surface area contributed by atoms with Crippen LogP contribution in [0.1, 0.15) is 39.1 Å². The van der Waals surface area contributed by atoms with E-state index in [0.717, 1.165) is 56.6 Å². The molecule has 5 aromatic rings. The molecule has 0 spiro atoms. The summed E-state index contributed by atoms with van der Waals surface area (Å²) in [6.45, 7) is 8.61. The quantitative estimate of drug-likeness (QED) is 0.214. The van der Waals surface area contributed by atoms with Crippen LogP contribution in [0.15, 0.2) is 108 Å². The van der Waals surface area contributed by atoms with E-state index in [-0.39, 0.29) is 0 Å². The van der Waals surface area contributed by atoms with Crippen LogP contribution in [0.2, 0.25) is 0 Å². The van der Waals surface area contributed by atoms with Crippen molar-refractivity contribution in [2.24, 2.45) is 4.99 Å². The number of benzene rings is 4. The van der Waals surface area contributed by atoms with Crippen LogP contribution in [0.25, 0.3) is 34.0 Å². The van der Waals surface area contributed by atoms with Gasteiger partial charge in [0.05, 0.1) is 25.6 Å². The predicted molar refractivity (Wildman–Crippen MR) is 179 cm³/mol. The maximum absolute atomic E-state index is 5.40. The molecular formula is C39H36N2O2. The first-order valence-electron chi connectivity index (χ1n) is 14.5. The first-order chi connectivity index (χ1) is 20.8. The molecule has 0 atom stereocenters. The molecule has 0 radical (unpaired) electrons. The van der Waals surface area contributed by atoms with Crippen molar-refractivity contribution in [1.82, 2.24) is 4.98 Å². The molecular weight excluding hydrogens is 528 g/mol. The molecule has 0 bridgehead atoms. The number of aliphatic imine (C=N–C) groups is 1. The minimum absolute atomic E-state index is 0.826. The Bertz CT molecular complexity index is 1900. The van der Waals surface area contributed by atoms with Crippen molar-refractivity contribution in [1.29, 1.82) is 0 Å². The van der Waals surface area contributed by atoms with Crippen LogP contribution in [0, 0.1) is 27.7 Å². The topological polar surface area (TPSA) is 46.6 Å². The van der Waals surface area contributed by atoms with Gasteiger partial charge in [-0.15, -0.1) is 0 Å². The molecule has 0 saturated heterocycles. The van der Waals surface area contributed by atoms with Crippen molar-refractivity contribution in [2.75, 3.05) is 14.2 Å². The Kier molecular flexibility index (Phi) is 7.60. The number of nitrogens with zero attached hydrogens (tertiary/aromatic N) is 1. The normalized spacial score (nSPS) is 13.7. The summed E-state index contributed by atoms with van der Waals surface area (Å²) in [7, 11) is 3.38. The van der Waals surface area contributed by atoms with E-state index in [1.165, 1.54) is 33.4 Å². The van der Waals surface area contributed by atoms with Gasteiger partial charge in [0.15, 0.2) is 0 Å². The highest BCUT2D eigenvalue weighted by atomic mass is 16.5. The van der Waals surface area contributed by atoms with Crippen molar-refractivity contribution >= 4 is 17.4 Å². The molecule has 1 aliphatic heterocycles. The van der Waals surface area contributed by atoms with Crippen molar-refractivity contribution < 1.29 is 9.47 Å². The van der Waals surface area contributed by atoms with E-state index in [0.29, 0.717) is 0 Å². The smallest absolute Gasteiger partial charge is 0.118 e. The van der Waals surface area contributed by atoms with E-state index < -0.39 is 0 Å². The Balaban J connectivity index is 1.53. The largest absolute Gasteiger partial charge is 0.497 e. The molecule has 0 amide bonds. The second-order valence-corrected chi connectivity index (χ2v) is 11.2. The lowest BCUT2D eigenvalue weighted by Gasteiger charge is -2.10.